The van der Waals surface area contributed by atoms with Gasteiger partial charge in [-0.15, -0.1) is 0 Å². The highest BCUT2D eigenvalue weighted by atomic mass is 16.5. The second-order valence-corrected chi connectivity index (χ2v) is 3.25. The fourth-order valence-electron chi connectivity index (χ4n) is 1.17. The summed E-state index contributed by atoms with van der Waals surface area (Å²) in [6, 6.07) is 0. The molecule has 0 unspecified atom stereocenters. The molecule has 3 N–H and O–H groups in total. The molecule has 0 saturated heterocycles. The molecule has 0 spiro atoms. The van der Waals surface area contributed by atoms with Crippen molar-refractivity contribution in [3.8, 4) is 5.88 Å². The molecule has 0 atom stereocenters. The summed E-state index contributed by atoms with van der Waals surface area (Å²) in [5.74, 6) is 0.201. The van der Waals surface area contributed by atoms with E-state index in [9.17, 15) is 0 Å². The molecule has 1 heterocycles. The molecule has 0 bridgehead atoms. The normalized spacial score (nSPS) is 11.4. The summed E-state index contributed by atoms with van der Waals surface area (Å²) < 4.78 is 5.42. The van der Waals surface area contributed by atoms with Crippen LogP contribution in [-0.2, 0) is 0 Å². The molecular weight excluding hydrogens is 208 g/mol. The average Bonchev–Trinajstić information content (AvgIpc) is 2.34. The zero-order valence-electron chi connectivity index (χ0n) is 9.26. The summed E-state index contributed by atoms with van der Waals surface area (Å²) in [5, 5.41) is 11.4. The first kappa shape index (κ1) is 12.2. The lowest BCUT2D eigenvalue weighted by atomic mass is 10.3. The zero-order chi connectivity index (χ0) is 11.8. The average molecular weight is 224 g/mol. The van der Waals surface area contributed by atoms with E-state index in [0.29, 0.717) is 12.5 Å². The van der Waals surface area contributed by atoms with Gasteiger partial charge in [-0.25, -0.2) is 9.97 Å². The third-order valence-electron chi connectivity index (χ3n) is 2.00. The summed E-state index contributed by atoms with van der Waals surface area (Å²) in [4.78, 5) is 7.93. The SMILES string of the molecule is CCCCCOc1nccnc1C(N)=NO. The second kappa shape index (κ2) is 6.60. The van der Waals surface area contributed by atoms with Crippen LogP contribution in [0.25, 0.3) is 0 Å². The molecule has 0 fully saturated rings. The second-order valence-electron chi connectivity index (χ2n) is 3.25. The highest BCUT2D eigenvalue weighted by molar-refractivity contribution is 5.97. The highest BCUT2D eigenvalue weighted by Gasteiger charge is 2.10. The van der Waals surface area contributed by atoms with Gasteiger partial charge < -0.3 is 15.7 Å². The molecule has 0 aliphatic carbocycles. The number of nitrogens with two attached hydrogens (primary N) is 1. The molecule has 1 rings (SSSR count). The Morgan fingerprint density at radius 2 is 2.19 bits per heavy atom. The van der Waals surface area contributed by atoms with E-state index >= 15 is 0 Å². The lowest BCUT2D eigenvalue weighted by molar-refractivity contribution is 0.291. The van der Waals surface area contributed by atoms with Crippen molar-refractivity contribution in [3.05, 3.63) is 18.1 Å². The highest BCUT2D eigenvalue weighted by Crippen LogP contribution is 2.11. The van der Waals surface area contributed by atoms with Crippen molar-refractivity contribution in [3.63, 3.8) is 0 Å². The van der Waals surface area contributed by atoms with Crippen LogP contribution in [-0.4, -0.2) is 27.6 Å². The van der Waals surface area contributed by atoms with Gasteiger partial charge in [0.05, 0.1) is 6.61 Å². The number of aromatic nitrogens is 2. The molecule has 0 aliphatic heterocycles. The molecule has 0 amide bonds. The van der Waals surface area contributed by atoms with Gasteiger partial charge in [0.1, 0.15) is 0 Å². The Hall–Kier alpha value is -1.85. The summed E-state index contributed by atoms with van der Waals surface area (Å²) >= 11 is 0. The molecular formula is C10H16N4O2. The summed E-state index contributed by atoms with van der Waals surface area (Å²) in [6.07, 6.45) is 6.13. The Labute approximate surface area is 94.2 Å². The fraction of sp³-hybridized carbons (Fsp3) is 0.500. The number of oxime groups is 1. The first-order valence-electron chi connectivity index (χ1n) is 5.21. The number of ether oxygens (including phenoxy) is 1. The van der Waals surface area contributed by atoms with Crippen molar-refractivity contribution in [1.82, 2.24) is 9.97 Å². The first-order valence-corrected chi connectivity index (χ1v) is 5.21. The minimum atomic E-state index is -0.0985. The van der Waals surface area contributed by atoms with Gasteiger partial charge in [-0.2, -0.15) is 0 Å². The van der Waals surface area contributed by atoms with Crippen LogP contribution in [0.5, 0.6) is 5.88 Å². The minimum absolute atomic E-state index is 0.0985. The maximum absolute atomic E-state index is 8.56. The smallest absolute Gasteiger partial charge is 0.243 e. The van der Waals surface area contributed by atoms with Gasteiger partial charge in [-0.05, 0) is 6.42 Å². The molecule has 1 aromatic heterocycles. The van der Waals surface area contributed by atoms with E-state index in [2.05, 4.69) is 22.0 Å². The predicted molar refractivity (Wildman–Crippen MR) is 59.6 cm³/mol. The third kappa shape index (κ3) is 3.38. The largest absolute Gasteiger partial charge is 0.476 e. The molecule has 0 radical (unpaired) electrons. The van der Waals surface area contributed by atoms with Gasteiger partial charge in [-0.3, -0.25) is 0 Å². The van der Waals surface area contributed by atoms with Crippen LogP contribution in [0.1, 0.15) is 31.9 Å². The Kier molecular flexibility index (Phi) is 5.04. The van der Waals surface area contributed by atoms with Gasteiger partial charge >= 0.3 is 0 Å². The van der Waals surface area contributed by atoms with Crippen molar-refractivity contribution >= 4 is 5.84 Å². The maximum Gasteiger partial charge on any atom is 0.243 e. The van der Waals surface area contributed by atoms with Crippen LogP contribution in [0.4, 0.5) is 0 Å². The van der Waals surface area contributed by atoms with Gasteiger partial charge in [0, 0.05) is 12.4 Å². The lowest BCUT2D eigenvalue weighted by Gasteiger charge is -2.07. The van der Waals surface area contributed by atoms with Gasteiger partial charge in [0.25, 0.3) is 0 Å². The van der Waals surface area contributed by atoms with Gasteiger partial charge in [-0.1, -0.05) is 24.9 Å². The van der Waals surface area contributed by atoms with E-state index in [1.54, 1.807) is 0 Å². The van der Waals surface area contributed by atoms with Crippen LogP contribution in [0.15, 0.2) is 17.5 Å². The minimum Gasteiger partial charge on any atom is -0.476 e. The van der Waals surface area contributed by atoms with Gasteiger partial charge in [0.15, 0.2) is 11.5 Å². The van der Waals surface area contributed by atoms with Crippen molar-refractivity contribution < 1.29 is 9.94 Å². The topological polar surface area (TPSA) is 93.6 Å². The summed E-state index contributed by atoms with van der Waals surface area (Å²) in [7, 11) is 0. The Morgan fingerprint density at radius 3 is 2.88 bits per heavy atom. The van der Waals surface area contributed by atoms with E-state index in [1.165, 1.54) is 12.4 Å². The maximum atomic E-state index is 8.56. The van der Waals surface area contributed by atoms with Crippen molar-refractivity contribution in [2.24, 2.45) is 10.9 Å². The van der Waals surface area contributed by atoms with Crippen molar-refractivity contribution in [1.29, 1.82) is 0 Å². The van der Waals surface area contributed by atoms with Crippen LogP contribution in [0.2, 0.25) is 0 Å². The molecule has 0 saturated carbocycles. The number of rotatable bonds is 6. The number of unbranched alkanes of at least 4 members (excludes halogenated alkanes) is 2. The standard InChI is InChI=1S/C10H16N4O2/c1-2-3-4-7-16-10-8(9(11)14-15)12-5-6-13-10/h5-6,15H,2-4,7H2,1H3,(H2,11,14). The molecule has 16 heavy (non-hydrogen) atoms. The van der Waals surface area contributed by atoms with E-state index in [4.69, 9.17) is 15.7 Å². The zero-order valence-corrected chi connectivity index (χ0v) is 9.26. The Balaban J connectivity index is 2.64. The summed E-state index contributed by atoms with van der Waals surface area (Å²) in [6.45, 7) is 2.67. The molecule has 6 nitrogen and oxygen atoms in total. The van der Waals surface area contributed by atoms with E-state index in [-0.39, 0.29) is 11.5 Å². The van der Waals surface area contributed by atoms with E-state index in [1.807, 2.05) is 0 Å². The molecule has 0 aliphatic rings. The van der Waals surface area contributed by atoms with E-state index < -0.39 is 0 Å². The van der Waals surface area contributed by atoms with E-state index in [0.717, 1.165) is 19.3 Å². The molecule has 1 aromatic rings. The van der Waals surface area contributed by atoms with Crippen molar-refractivity contribution in [2.75, 3.05) is 6.61 Å². The lowest BCUT2D eigenvalue weighted by Crippen LogP contribution is -2.17. The van der Waals surface area contributed by atoms with Crippen molar-refractivity contribution in [2.45, 2.75) is 26.2 Å². The fourth-order valence-corrected chi connectivity index (χ4v) is 1.17. The van der Waals surface area contributed by atoms with Crippen LogP contribution in [0, 0.1) is 0 Å². The number of hydrogen-bond acceptors (Lipinski definition) is 5. The molecule has 6 heteroatoms. The first-order chi connectivity index (χ1) is 7.79. The van der Waals surface area contributed by atoms with Crippen LogP contribution in [0.3, 0.4) is 0 Å². The van der Waals surface area contributed by atoms with Crippen LogP contribution >= 0.6 is 0 Å². The Morgan fingerprint density at radius 1 is 1.44 bits per heavy atom. The third-order valence-corrected chi connectivity index (χ3v) is 2.00. The predicted octanol–water partition coefficient (Wildman–Crippen LogP) is 1.14. The quantitative estimate of drug-likeness (QED) is 0.248. The summed E-state index contributed by atoms with van der Waals surface area (Å²) in [5.41, 5.74) is 5.71. The molecule has 0 aromatic carbocycles. The number of hydrogen-bond donors (Lipinski definition) is 2. The monoisotopic (exact) mass is 224 g/mol. The number of amidine groups is 1. The molecule has 88 valence electrons. The van der Waals surface area contributed by atoms with Crippen LogP contribution < -0.4 is 10.5 Å². The van der Waals surface area contributed by atoms with Gasteiger partial charge in [0.2, 0.25) is 5.88 Å². The number of nitrogens with zero attached hydrogens (tertiary/aromatic N) is 3. The Bertz CT molecular complexity index is 354.